The van der Waals surface area contributed by atoms with Crippen molar-refractivity contribution in [2.45, 2.75) is 38.6 Å². The largest absolute Gasteiger partial charge is 0.357 e. The Hall–Kier alpha value is -2.09. The van der Waals surface area contributed by atoms with Gasteiger partial charge in [-0.25, -0.2) is 18.5 Å². The minimum absolute atomic E-state index is 0.0194. The van der Waals surface area contributed by atoms with E-state index in [4.69, 9.17) is 16.7 Å². The summed E-state index contributed by atoms with van der Waals surface area (Å²) in [5, 5.41) is 12.5. The molecule has 0 saturated carbocycles. The molecule has 2 aromatic carbocycles. The average Bonchev–Trinajstić information content (AvgIpc) is 2.63. The monoisotopic (exact) mass is 436 g/mol. The quantitative estimate of drug-likeness (QED) is 0.437. The number of hydrogen-bond acceptors (Lipinski definition) is 3. The molecule has 0 radical (unpaired) electrons. The first kappa shape index (κ1) is 23.2. The minimum Gasteiger partial charge on any atom is -0.357 e. The number of primary sulfonamides is 1. The molecule has 0 atom stereocenters. The van der Waals surface area contributed by atoms with Gasteiger partial charge in [0.1, 0.15) is 0 Å². The highest BCUT2D eigenvalue weighted by Crippen LogP contribution is 2.22. The molecule has 0 aromatic heterocycles. The third kappa shape index (κ3) is 8.04. The van der Waals surface area contributed by atoms with Gasteiger partial charge in [-0.2, -0.15) is 0 Å². The van der Waals surface area contributed by atoms with E-state index in [0.29, 0.717) is 19.0 Å². The summed E-state index contributed by atoms with van der Waals surface area (Å²) >= 11 is 6.09. The van der Waals surface area contributed by atoms with Crippen LogP contribution in [0.5, 0.6) is 0 Å². The summed E-state index contributed by atoms with van der Waals surface area (Å²) in [6.07, 6.45) is 0.871. The first-order valence-corrected chi connectivity index (χ1v) is 11.4. The van der Waals surface area contributed by atoms with Gasteiger partial charge in [-0.1, -0.05) is 49.7 Å². The fourth-order valence-corrected chi connectivity index (χ4v) is 3.71. The van der Waals surface area contributed by atoms with Crippen molar-refractivity contribution in [2.75, 3.05) is 13.1 Å². The van der Waals surface area contributed by atoms with Crippen molar-refractivity contribution in [3.8, 4) is 0 Å². The Kier molecular flexibility index (Phi) is 8.07. The first-order chi connectivity index (χ1) is 13.6. The molecule has 158 valence electrons. The molecule has 4 N–H and O–H groups in total. The molecule has 0 amide bonds. The van der Waals surface area contributed by atoms with E-state index >= 15 is 0 Å². The fourth-order valence-electron chi connectivity index (χ4n) is 2.92. The van der Waals surface area contributed by atoms with E-state index < -0.39 is 10.0 Å². The van der Waals surface area contributed by atoms with E-state index in [1.54, 1.807) is 12.1 Å². The van der Waals surface area contributed by atoms with Crippen LogP contribution in [0.3, 0.4) is 0 Å². The molecule has 2 rings (SSSR count). The van der Waals surface area contributed by atoms with E-state index in [-0.39, 0.29) is 10.3 Å². The molecular formula is C21H29ClN4O2S. The minimum atomic E-state index is -3.73. The van der Waals surface area contributed by atoms with Crippen LogP contribution < -0.4 is 15.8 Å². The van der Waals surface area contributed by atoms with Gasteiger partial charge in [0.15, 0.2) is 5.96 Å². The topological polar surface area (TPSA) is 96.6 Å². The summed E-state index contributed by atoms with van der Waals surface area (Å²) in [5.74, 6) is 0.674. The van der Waals surface area contributed by atoms with Crippen molar-refractivity contribution in [3.05, 3.63) is 64.7 Å². The Morgan fingerprint density at radius 3 is 2.45 bits per heavy atom. The summed E-state index contributed by atoms with van der Waals surface area (Å²) in [6, 6.07) is 14.4. The number of nitrogens with two attached hydrogens (primary N) is 1. The maximum absolute atomic E-state index is 11.5. The summed E-state index contributed by atoms with van der Waals surface area (Å²) in [5.41, 5.74) is 1.94. The fraction of sp³-hybridized carbons (Fsp3) is 0.381. The molecule has 0 spiro atoms. The lowest BCUT2D eigenvalue weighted by molar-refractivity contribution is 0.359. The van der Waals surface area contributed by atoms with Crippen molar-refractivity contribution >= 4 is 27.6 Å². The number of halogens is 1. The highest BCUT2D eigenvalue weighted by molar-refractivity contribution is 7.89. The van der Waals surface area contributed by atoms with Gasteiger partial charge in [-0.15, -0.1) is 0 Å². The van der Waals surface area contributed by atoms with Gasteiger partial charge in [-0.3, -0.25) is 0 Å². The molecule has 6 nitrogen and oxygen atoms in total. The second kappa shape index (κ2) is 10.1. The van der Waals surface area contributed by atoms with Gasteiger partial charge in [0.2, 0.25) is 10.0 Å². The molecule has 0 fully saturated rings. The van der Waals surface area contributed by atoms with Crippen molar-refractivity contribution in [1.82, 2.24) is 10.6 Å². The molecule has 0 aliphatic rings. The molecule has 8 heteroatoms. The summed E-state index contributed by atoms with van der Waals surface area (Å²) in [6.45, 7) is 8.13. The zero-order valence-corrected chi connectivity index (χ0v) is 18.6. The second-order valence-electron chi connectivity index (χ2n) is 7.71. The molecule has 0 aliphatic heterocycles. The Labute approximate surface area is 178 Å². The highest BCUT2D eigenvalue weighted by Gasteiger charge is 2.19. The van der Waals surface area contributed by atoms with Crippen LogP contribution in [0.2, 0.25) is 5.02 Å². The molecule has 0 bridgehead atoms. The maximum Gasteiger partial charge on any atom is 0.238 e. The molecule has 2 aromatic rings. The highest BCUT2D eigenvalue weighted by atomic mass is 35.5. The van der Waals surface area contributed by atoms with Crippen LogP contribution in [-0.2, 0) is 23.0 Å². The number of hydrogen-bond donors (Lipinski definition) is 3. The Morgan fingerprint density at radius 2 is 1.79 bits per heavy atom. The summed E-state index contributed by atoms with van der Waals surface area (Å²) in [7, 11) is -3.73. The first-order valence-electron chi connectivity index (χ1n) is 9.47. The van der Waals surface area contributed by atoms with Crippen LogP contribution in [0.25, 0.3) is 0 Å². The van der Waals surface area contributed by atoms with Gasteiger partial charge in [0.25, 0.3) is 0 Å². The number of aliphatic imine (C=N–C) groups is 1. The van der Waals surface area contributed by atoms with E-state index in [0.717, 1.165) is 23.6 Å². The molecule has 29 heavy (non-hydrogen) atoms. The van der Waals surface area contributed by atoms with Crippen LogP contribution in [-0.4, -0.2) is 27.5 Å². The predicted octanol–water partition coefficient (Wildman–Crippen LogP) is 3.31. The molecule has 0 heterocycles. The standard InChI is InChI=1S/C21H29ClN4O2S/c1-4-24-20(25-14-17-8-6-10-19(12-17)29(23,27)28)26-15-21(2,3)13-16-7-5-9-18(22)11-16/h5-12H,4,13-15H2,1-3H3,(H2,23,27,28)(H2,24,25,26). The van der Waals surface area contributed by atoms with Gasteiger partial charge in [-0.05, 0) is 54.2 Å². The summed E-state index contributed by atoms with van der Waals surface area (Å²) in [4.78, 5) is 4.66. The zero-order chi connectivity index (χ0) is 21.5. The van der Waals surface area contributed by atoms with Crippen LogP contribution >= 0.6 is 11.6 Å². The zero-order valence-electron chi connectivity index (χ0n) is 17.1. The van der Waals surface area contributed by atoms with Gasteiger partial charge in [0.05, 0.1) is 11.4 Å². The van der Waals surface area contributed by atoms with Crippen LogP contribution in [0.4, 0.5) is 0 Å². The lowest BCUT2D eigenvalue weighted by Gasteiger charge is -2.26. The van der Waals surface area contributed by atoms with E-state index in [1.165, 1.54) is 11.6 Å². The Bertz CT molecular complexity index is 959. The normalized spacial score (nSPS) is 12.7. The third-order valence-electron chi connectivity index (χ3n) is 4.30. The van der Waals surface area contributed by atoms with Crippen molar-refractivity contribution < 1.29 is 8.42 Å². The van der Waals surface area contributed by atoms with Crippen LogP contribution in [0.15, 0.2) is 58.4 Å². The SMILES string of the molecule is CCNC(=NCc1cccc(S(N)(=O)=O)c1)NCC(C)(C)Cc1cccc(Cl)c1. The predicted molar refractivity (Wildman–Crippen MR) is 120 cm³/mol. The number of nitrogens with zero attached hydrogens (tertiary/aromatic N) is 1. The smallest absolute Gasteiger partial charge is 0.238 e. The molecular weight excluding hydrogens is 408 g/mol. The van der Waals surface area contributed by atoms with E-state index in [2.05, 4.69) is 35.5 Å². The van der Waals surface area contributed by atoms with Crippen LogP contribution in [0, 0.1) is 5.41 Å². The summed E-state index contributed by atoms with van der Waals surface area (Å²) < 4.78 is 23.0. The van der Waals surface area contributed by atoms with Gasteiger partial charge in [0, 0.05) is 18.1 Å². The third-order valence-corrected chi connectivity index (χ3v) is 5.44. The molecule has 0 saturated heterocycles. The van der Waals surface area contributed by atoms with E-state index in [9.17, 15) is 8.42 Å². The van der Waals surface area contributed by atoms with Crippen molar-refractivity contribution in [1.29, 1.82) is 0 Å². The molecule has 0 aliphatic carbocycles. The number of sulfonamides is 1. The van der Waals surface area contributed by atoms with Crippen LogP contribution in [0.1, 0.15) is 31.9 Å². The van der Waals surface area contributed by atoms with Gasteiger partial charge >= 0.3 is 0 Å². The Morgan fingerprint density at radius 1 is 1.10 bits per heavy atom. The van der Waals surface area contributed by atoms with E-state index in [1.807, 2.05) is 31.2 Å². The number of nitrogens with one attached hydrogen (secondary N) is 2. The number of rotatable bonds is 8. The van der Waals surface area contributed by atoms with Gasteiger partial charge < -0.3 is 10.6 Å². The lowest BCUT2D eigenvalue weighted by Crippen LogP contribution is -2.42. The Balaban J connectivity index is 2.03. The maximum atomic E-state index is 11.5. The number of guanidine groups is 1. The number of benzene rings is 2. The lowest BCUT2D eigenvalue weighted by atomic mass is 9.86. The molecule has 0 unspecified atom stereocenters. The van der Waals surface area contributed by atoms with Crippen molar-refractivity contribution in [2.24, 2.45) is 15.5 Å². The second-order valence-corrected chi connectivity index (χ2v) is 9.71. The average molecular weight is 437 g/mol. The van der Waals surface area contributed by atoms with Crippen molar-refractivity contribution in [3.63, 3.8) is 0 Å².